The van der Waals surface area contributed by atoms with Crippen LogP contribution in [0.25, 0.3) is 0 Å². The van der Waals surface area contributed by atoms with Crippen molar-refractivity contribution >= 4 is 11.4 Å². The minimum absolute atomic E-state index is 0.496. The van der Waals surface area contributed by atoms with Crippen LogP contribution in [0.3, 0.4) is 0 Å². The molecule has 0 bridgehead atoms. The lowest BCUT2D eigenvalue weighted by molar-refractivity contribution is -0.162. The van der Waals surface area contributed by atoms with Crippen molar-refractivity contribution in [2.75, 3.05) is 13.2 Å². The number of hydrogen-bond donors (Lipinski definition) is 1. The molecule has 5 nitrogen and oxygen atoms in total. The van der Waals surface area contributed by atoms with Crippen LogP contribution in [-0.4, -0.2) is 27.8 Å². The standard InChI is InChI=1S/C8H12O5S/c9-14(10)13-7-1-3-8(4-2-7)11-5-6-12-8/h1H,2-6H2,(H,9,10). The Morgan fingerprint density at radius 2 is 2.21 bits per heavy atom. The molecule has 14 heavy (non-hydrogen) atoms. The summed E-state index contributed by atoms with van der Waals surface area (Å²) in [7, 11) is 0. The largest absolute Gasteiger partial charge is 0.385 e. The Morgan fingerprint density at radius 1 is 1.50 bits per heavy atom. The van der Waals surface area contributed by atoms with Crippen LogP contribution in [0, 0.1) is 0 Å². The van der Waals surface area contributed by atoms with Gasteiger partial charge in [-0.25, -0.2) is 0 Å². The molecule has 2 rings (SSSR count). The van der Waals surface area contributed by atoms with Crippen LogP contribution in [0.2, 0.25) is 0 Å². The molecule has 80 valence electrons. The second kappa shape index (κ2) is 3.98. The molecule has 6 heteroatoms. The van der Waals surface area contributed by atoms with Crippen LogP contribution in [0.5, 0.6) is 0 Å². The smallest absolute Gasteiger partial charge is 0.357 e. The Kier molecular flexibility index (Phi) is 2.87. The van der Waals surface area contributed by atoms with Gasteiger partial charge in [0, 0.05) is 19.3 Å². The van der Waals surface area contributed by atoms with Gasteiger partial charge in [0.1, 0.15) is 5.76 Å². The van der Waals surface area contributed by atoms with Crippen LogP contribution in [-0.2, 0) is 25.0 Å². The minimum Gasteiger partial charge on any atom is -0.385 e. The van der Waals surface area contributed by atoms with Gasteiger partial charge in [-0.1, -0.05) is 0 Å². The fraction of sp³-hybridized carbons (Fsp3) is 0.750. The normalized spacial score (nSPS) is 27.4. The van der Waals surface area contributed by atoms with E-state index in [4.69, 9.17) is 14.0 Å². The van der Waals surface area contributed by atoms with Gasteiger partial charge < -0.3 is 13.7 Å². The van der Waals surface area contributed by atoms with Gasteiger partial charge in [0.25, 0.3) is 0 Å². The number of hydrogen-bond acceptors (Lipinski definition) is 4. The first-order valence-corrected chi connectivity index (χ1v) is 5.50. The third-order valence-corrected chi connectivity index (χ3v) is 2.74. The molecule has 1 aliphatic carbocycles. The Morgan fingerprint density at radius 3 is 2.71 bits per heavy atom. The van der Waals surface area contributed by atoms with Crippen LogP contribution >= 0.6 is 0 Å². The highest BCUT2D eigenvalue weighted by Crippen LogP contribution is 2.35. The Bertz CT molecular complexity index is 269. The molecular formula is C8H12O5S. The topological polar surface area (TPSA) is 65.0 Å². The van der Waals surface area contributed by atoms with Gasteiger partial charge in [-0.3, -0.25) is 4.55 Å². The Balaban J connectivity index is 1.95. The molecule has 1 spiro atoms. The highest BCUT2D eigenvalue weighted by molar-refractivity contribution is 7.74. The summed E-state index contributed by atoms with van der Waals surface area (Å²) in [5.41, 5.74) is 0. The average molecular weight is 220 g/mol. The number of allylic oxidation sites excluding steroid dienone is 1. The molecule has 0 radical (unpaired) electrons. The SMILES string of the molecule is O=S(O)OC1=CCC2(CC1)OCCO2. The summed E-state index contributed by atoms with van der Waals surface area (Å²) in [6, 6.07) is 0. The average Bonchev–Trinajstić information content (AvgIpc) is 2.58. The third-order valence-electron chi connectivity index (χ3n) is 2.38. The van der Waals surface area contributed by atoms with Gasteiger partial charge in [-0.2, -0.15) is 4.21 Å². The van der Waals surface area contributed by atoms with E-state index in [1.807, 2.05) is 0 Å². The summed E-state index contributed by atoms with van der Waals surface area (Å²) in [5, 5.41) is 0. The fourth-order valence-electron chi connectivity index (χ4n) is 1.71. The van der Waals surface area contributed by atoms with Crippen LogP contribution < -0.4 is 0 Å². The van der Waals surface area contributed by atoms with Crippen molar-refractivity contribution in [1.82, 2.24) is 0 Å². The van der Waals surface area contributed by atoms with E-state index < -0.39 is 17.1 Å². The van der Waals surface area contributed by atoms with Crippen molar-refractivity contribution in [3.63, 3.8) is 0 Å². The maximum atomic E-state index is 10.4. The van der Waals surface area contributed by atoms with Gasteiger partial charge in [0.2, 0.25) is 0 Å². The maximum absolute atomic E-state index is 10.4. The highest BCUT2D eigenvalue weighted by Gasteiger charge is 2.38. The molecule has 0 saturated carbocycles. The lowest BCUT2D eigenvalue weighted by atomic mass is 9.99. The summed E-state index contributed by atoms with van der Waals surface area (Å²) in [6.07, 6.45) is 3.59. The zero-order valence-electron chi connectivity index (χ0n) is 7.60. The van der Waals surface area contributed by atoms with Crippen LogP contribution in [0.15, 0.2) is 11.8 Å². The molecule has 1 fully saturated rings. The zero-order chi connectivity index (χ0) is 10.0. The van der Waals surface area contributed by atoms with E-state index in [1.54, 1.807) is 6.08 Å². The first-order chi connectivity index (χ1) is 6.70. The molecule has 2 aliphatic rings. The van der Waals surface area contributed by atoms with E-state index in [9.17, 15) is 4.21 Å². The summed E-state index contributed by atoms with van der Waals surface area (Å²) >= 11 is -2.23. The van der Waals surface area contributed by atoms with Crippen molar-refractivity contribution in [2.24, 2.45) is 0 Å². The third kappa shape index (κ3) is 2.14. The molecule has 1 N–H and O–H groups in total. The monoisotopic (exact) mass is 220 g/mol. The highest BCUT2D eigenvalue weighted by atomic mass is 32.2. The van der Waals surface area contributed by atoms with Crippen molar-refractivity contribution in [1.29, 1.82) is 0 Å². The molecule has 0 amide bonds. The van der Waals surface area contributed by atoms with Gasteiger partial charge in [-0.05, 0) is 6.08 Å². The van der Waals surface area contributed by atoms with Crippen molar-refractivity contribution in [3.8, 4) is 0 Å². The first kappa shape index (κ1) is 10.1. The van der Waals surface area contributed by atoms with E-state index in [0.717, 1.165) is 0 Å². The quantitative estimate of drug-likeness (QED) is 0.702. The lowest BCUT2D eigenvalue weighted by Crippen LogP contribution is -2.32. The zero-order valence-corrected chi connectivity index (χ0v) is 8.42. The molecule has 1 atom stereocenters. The molecule has 1 saturated heterocycles. The molecule has 0 aromatic rings. The summed E-state index contributed by atoms with van der Waals surface area (Å²) in [6.45, 7) is 1.24. The summed E-state index contributed by atoms with van der Waals surface area (Å²) in [4.78, 5) is 0. The summed E-state index contributed by atoms with van der Waals surface area (Å²) in [5.74, 6) is 0.0413. The van der Waals surface area contributed by atoms with Crippen molar-refractivity contribution < 1.29 is 22.4 Å². The summed E-state index contributed by atoms with van der Waals surface area (Å²) < 4.78 is 34.5. The van der Waals surface area contributed by atoms with E-state index in [-0.39, 0.29) is 0 Å². The van der Waals surface area contributed by atoms with E-state index in [0.29, 0.717) is 38.2 Å². The van der Waals surface area contributed by atoms with Gasteiger partial charge >= 0.3 is 11.4 Å². The number of rotatable bonds is 2. The predicted octanol–water partition coefficient (Wildman–Crippen LogP) is 0.951. The van der Waals surface area contributed by atoms with Crippen LogP contribution in [0.4, 0.5) is 0 Å². The van der Waals surface area contributed by atoms with E-state index >= 15 is 0 Å². The molecule has 1 unspecified atom stereocenters. The fourth-order valence-corrected chi connectivity index (χ4v) is 2.05. The first-order valence-electron chi connectivity index (χ1n) is 4.46. The van der Waals surface area contributed by atoms with E-state index in [1.165, 1.54) is 0 Å². The maximum Gasteiger partial charge on any atom is 0.357 e. The van der Waals surface area contributed by atoms with E-state index in [2.05, 4.69) is 4.18 Å². The van der Waals surface area contributed by atoms with Crippen molar-refractivity contribution in [2.45, 2.75) is 25.0 Å². The molecule has 1 aliphatic heterocycles. The predicted molar refractivity (Wildman–Crippen MR) is 48.4 cm³/mol. The van der Waals surface area contributed by atoms with Gasteiger partial charge in [-0.15, -0.1) is 0 Å². The molecule has 0 aromatic carbocycles. The lowest BCUT2D eigenvalue weighted by Gasteiger charge is -2.29. The Labute approximate surface area is 84.5 Å². The minimum atomic E-state index is -2.23. The van der Waals surface area contributed by atoms with Gasteiger partial charge in [0.15, 0.2) is 5.79 Å². The second-order valence-corrected chi connectivity index (χ2v) is 3.88. The van der Waals surface area contributed by atoms with Gasteiger partial charge in [0.05, 0.1) is 13.2 Å². The molecule has 0 aromatic heterocycles. The molecular weight excluding hydrogens is 208 g/mol. The second-order valence-electron chi connectivity index (χ2n) is 3.28. The number of ether oxygens (including phenoxy) is 2. The van der Waals surface area contributed by atoms with Crippen molar-refractivity contribution in [3.05, 3.63) is 11.8 Å². The van der Waals surface area contributed by atoms with Crippen LogP contribution in [0.1, 0.15) is 19.3 Å². The Hall–Kier alpha value is -0.430. The molecule has 1 heterocycles.